The average molecular weight is 319 g/mol. The van der Waals surface area contributed by atoms with Crippen molar-refractivity contribution in [3.8, 4) is 0 Å². The van der Waals surface area contributed by atoms with E-state index in [1.807, 2.05) is 0 Å². The van der Waals surface area contributed by atoms with Crippen LogP contribution < -0.4 is 4.90 Å². The molecule has 0 heterocycles. The summed E-state index contributed by atoms with van der Waals surface area (Å²) >= 11 is 9.51. The van der Waals surface area contributed by atoms with Crippen molar-refractivity contribution in [1.29, 1.82) is 0 Å². The molecule has 1 aromatic carbocycles. The highest BCUT2D eigenvalue weighted by Gasteiger charge is 2.25. The maximum absolute atomic E-state index is 6.02. The van der Waals surface area contributed by atoms with E-state index in [9.17, 15) is 0 Å². The zero-order valence-corrected chi connectivity index (χ0v) is 13.6. The first-order chi connectivity index (χ1) is 7.77. The molecule has 1 rings (SSSR count). The van der Waals surface area contributed by atoms with E-state index in [4.69, 9.17) is 11.6 Å². The van der Waals surface area contributed by atoms with E-state index in [1.54, 1.807) is 0 Å². The third kappa shape index (κ3) is 3.62. The van der Waals surface area contributed by atoms with Crippen molar-refractivity contribution < 1.29 is 0 Å². The molecule has 0 bridgehead atoms. The molecule has 0 amide bonds. The number of alkyl halides is 1. The van der Waals surface area contributed by atoms with Crippen molar-refractivity contribution in [2.24, 2.45) is 5.41 Å². The van der Waals surface area contributed by atoms with Crippen LogP contribution in [0.25, 0.3) is 0 Å². The number of anilines is 1. The summed E-state index contributed by atoms with van der Waals surface area (Å²) in [5.41, 5.74) is 2.62. The maximum Gasteiger partial charge on any atom is 0.0494 e. The van der Waals surface area contributed by atoms with Gasteiger partial charge in [-0.05, 0) is 36.1 Å². The van der Waals surface area contributed by atoms with Crippen molar-refractivity contribution in [2.45, 2.75) is 39.6 Å². The minimum atomic E-state index is 0.241. The fourth-order valence-corrected chi connectivity index (χ4v) is 2.42. The van der Waals surface area contributed by atoms with Gasteiger partial charge in [-0.25, -0.2) is 0 Å². The first-order valence-electron chi connectivity index (χ1n) is 5.84. The lowest BCUT2D eigenvalue weighted by Crippen LogP contribution is -2.39. The maximum atomic E-state index is 6.02. The summed E-state index contributed by atoms with van der Waals surface area (Å²) in [5, 5.41) is 0. The van der Waals surface area contributed by atoms with E-state index in [0.29, 0.717) is 11.9 Å². The Labute approximate surface area is 118 Å². The fourth-order valence-electron chi connectivity index (χ4n) is 1.79. The predicted octanol–water partition coefficient (Wildman–Crippen LogP) is 5.06. The van der Waals surface area contributed by atoms with Gasteiger partial charge in [-0.15, -0.1) is 11.6 Å². The summed E-state index contributed by atoms with van der Waals surface area (Å²) in [6, 6.07) is 6.74. The zero-order chi connectivity index (χ0) is 13.2. The molecular formula is C14H21BrClN. The van der Waals surface area contributed by atoms with Gasteiger partial charge in [-0.3, -0.25) is 0 Å². The molecule has 0 aliphatic carbocycles. The lowest BCUT2D eigenvalue weighted by Gasteiger charge is -2.37. The lowest BCUT2D eigenvalue weighted by molar-refractivity contribution is 0.329. The summed E-state index contributed by atoms with van der Waals surface area (Å²) in [7, 11) is 2.13. The second-order valence-electron chi connectivity index (χ2n) is 5.56. The molecule has 0 aromatic heterocycles. The molecule has 0 N–H and O–H groups in total. The fraction of sp³-hybridized carbons (Fsp3) is 0.571. The molecule has 0 aliphatic rings. The van der Waals surface area contributed by atoms with Gasteiger partial charge in [0.15, 0.2) is 0 Å². The molecule has 0 saturated carbocycles. The molecule has 0 saturated heterocycles. The highest BCUT2D eigenvalue weighted by atomic mass is 79.9. The average Bonchev–Trinajstić information content (AvgIpc) is 2.25. The molecule has 96 valence electrons. The van der Waals surface area contributed by atoms with Crippen molar-refractivity contribution in [3.05, 3.63) is 28.2 Å². The summed E-state index contributed by atoms with van der Waals surface area (Å²) < 4.78 is 1.08. The van der Waals surface area contributed by atoms with Crippen LogP contribution in [0.2, 0.25) is 0 Å². The van der Waals surface area contributed by atoms with Gasteiger partial charge >= 0.3 is 0 Å². The lowest BCUT2D eigenvalue weighted by atomic mass is 9.86. The summed E-state index contributed by atoms with van der Waals surface area (Å²) in [6.45, 7) is 9.02. The SMILES string of the molecule is CC(N(C)c1ccc(Br)cc1CCl)C(C)(C)C. The van der Waals surface area contributed by atoms with Gasteiger partial charge in [-0.1, -0.05) is 36.7 Å². The Kier molecular flexibility index (Phi) is 4.91. The highest BCUT2D eigenvalue weighted by molar-refractivity contribution is 9.10. The molecule has 1 nitrogen and oxygen atoms in total. The van der Waals surface area contributed by atoms with Crippen LogP contribution in [-0.2, 0) is 5.88 Å². The normalized spacial score (nSPS) is 13.6. The number of hydrogen-bond donors (Lipinski definition) is 0. The molecule has 0 spiro atoms. The minimum absolute atomic E-state index is 0.241. The summed E-state index contributed by atoms with van der Waals surface area (Å²) in [5.74, 6) is 0.538. The molecule has 3 heteroatoms. The Morgan fingerprint density at radius 3 is 2.41 bits per heavy atom. The first kappa shape index (κ1) is 14.8. The van der Waals surface area contributed by atoms with Gasteiger partial charge in [0.25, 0.3) is 0 Å². The molecule has 1 aromatic rings. The van der Waals surface area contributed by atoms with Crippen LogP contribution in [-0.4, -0.2) is 13.1 Å². The largest absolute Gasteiger partial charge is 0.371 e. The van der Waals surface area contributed by atoms with Crippen LogP contribution in [0.15, 0.2) is 22.7 Å². The molecule has 0 aliphatic heterocycles. The molecule has 1 unspecified atom stereocenters. The third-order valence-corrected chi connectivity index (χ3v) is 4.18. The van der Waals surface area contributed by atoms with Gasteiger partial charge in [0, 0.05) is 29.1 Å². The molecule has 17 heavy (non-hydrogen) atoms. The summed E-state index contributed by atoms with van der Waals surface area (Å²) in [6.07, 6.45) is 0. The van der Waals surface area contributed by atoms with Gasteiger partial charge in [-0.2, -0.15) is 0 Å². The molecule has 0 fully saturated rings. The number of hydrogen-bond acceptors (Lipinski definition) is 1. The van der Waals surface area contributed by atoms with E-state index in [0.717, 1.165) is 4.47 Å². The quantitative estimate of drug-likeness (QED) is 0.704. The second-order valence-corrected chi connectivity index (χ2v) is 6.74. The van der Waals surface area contributed by atoms with Crippen LogP contribution in [0.5, 0.6) is 0 Å². The van der Waals surface area contributed by atoms with Crippen molar-refractivity contribution in [1.82, 2.24) is 0 Å². The minimum Gasteiger partial charge on any atom is -0.371 e. The van der Waals surface area contributed by atoms with Crippen LogP contribution in [0.3, 0.4) is 0 Å². The second kappa shape index (κ2) is 5.62. The molecular weight excluding hydrogens is 298 g/mol. The van der Waals surface area contributed by atoms with E-state index in [2.05, 4.69) is 73.8 Å². The van der Waals surface area contributed by atoms with Gasteiger partial charge in [0.2, 0.25) is 0 Å². The Hall–Kier alpha value is -0.210. The van der Waals surface area contributed by atoms with Crippen molar-refractivity contribution in [2.75, 3.05) is 11.9 Å². The van der Waals surface area contributed by atoms with Crippen LogP contribution in [0.1, 0.15) is 33.3 Å². The standard InChI is InChI=1S/C14H21BrClN/c1-10(14(2,3)4)17(5)13-7-6-12(15)8-11(13)9-16/h6-8,10H,9H2,1-5H3. The number of halogens is 2. The van der Waals surface area contributed by atoms with Crippen molar-refractivity contribution in [3.63, 3.8) is 0 Å². The van der Waals surface area contributed by atoms with Crippen LogP contribution >= 0.6 is 27.5 Å². The van der Waals surface area contributed by atoms with Gasteiger partial charge in [0.1, 0.15) is 0 Å². The van der Waals surface area contributed by atoms with Gasteiger partial charge < -0.3 is 4.90 Å². The van der Waals surface area contributed by atoms with E-state index in [1.165, 1.54) is 11.3 Å². The van der Waals surface area contributed by atoms with Crippen LogP contribution in [0.4, 0.5) is 5.69 Å². The summed E-state index contributed by atoms with van der Waals surface area (Å²) in [4.78, 5) is 2.31. The van der Waals surface area contributed by atoms with E-state index >= 15 is 0 Å². The Morgan fingerprint density at radius 2 is 1.94 bits per heavy atom. The smallest absolute Gasteiger partial charge is 0.0494 e. The number of nitrogens with zero attached hydrogens (tertiary/aromatic N) is 1. The molecule has 1 atom stereocenters. The monoisotopic (exact) mass is 317 g/mol. The zero-order valence-electron chi connectivity index (χ0n) is 11.2. The third-order valence-electron chi connectivity index (χ3n) is 3.40. The van der Waals surface area contributed by atoms with Crippen LogP contribution in [0, 0.1) is 5.41 Å². The topological polar surface area (TPSA) is 3.24 Å². The van der Waals surface area contributed by atoms with Gasteiger partial charge in [0.05, 0.1) is 0 Å². The van der Waals surface area contributed by atoms with Crippen molar-refractivity contribution >= 4 is 33.2 Å². The number of benzene rings is 1. The number of rotatable bonds is 3. The highest BCUT2D eigenvalue weighted by Crippen LogP contribution is 2.31. The van der Waals surface area contributed by atoms with E-state index in [-0.39, 0.29) is 5.41 Å². The Morgan fingerprint density at radius 1 is 1.35 bits per heavy atom. The molecule has 0 radical (unpaired) electrons. The van der Waals surface area contributed by atoms with E-state index < -0.39 is 0 Å². The Bertz CT molecular complexity index is 384. The predicted molar refractivity (Wildman–Crippen MR) is 81.0 cm³/mol. The first-order valence-corrected chi connectivity index (χ1v) is 7.17. The Balaban J connectivity index is 3.08.